The van der Waals surface area contributed by atoms with Crippen LogP contribution in [0, 0.1) is 5.82 Å². The zero-order valence-electron chi connectivity index (χ0n) is 10.9. The lowest BCUT2D eigenvalue weighted by atomic mass is 9.90. The molecule has 2 N–H and O–H groups in total. The number of anilines is 1. The van der Waals surface area contributed by atoms with Crippen molar-refractivity contribution in [2.24, 2.45) is 10.7 Å². The molecular weight excluding hydrogens is 281 g/mol. The molecular formula is C13H16FN3O2S. The number of halogens is 1. The van der Waals surface area contributed by atoms with E-state index in [0.717, 1.165) is 5.69 Å². The Labute approximate surface area is 117 Å². The molecule has 0 radical (unpaired) electrons. The average Bonchev–Trinajstić information content (AvgIpc) is 2.73. The van der Waals surface area contributed by atoms with Gasteiger partial charge < -0.3 is 10.6 Å². The van der Waals surface area contributed by atoms with Gasteiger partial charge in [-0.25, -0.2) is 12.8 Å². The van der Waals surface area contributed by atoms with Crippen LogP contribution in [0.25, 0.3) is 0 Å². The predicted molar refractivity (Wildman–Crippen MR) is 76.0 cm³/mol. The molecule has 2 aliphatic heterocycles. The summed E-state index contributed by atoms with van der Waals surface area (Å²) in [5.74, 6) is 0.348. The minimum absolute atomic E-state index is 0.146. The fourth-order valence-electron chi connectivity index (χ4n) is 2.91. The molecule has 3 rings (SSSR count). The maximum absolute atomic E-state index is 13.0. The van der Waals surface area contributed by atoms with Crippen molar-refractivity contribution in [1.82, 2.24) is 0 Å². The molecule has 0 bridgehead atoms. The van der Waals surface area contributed by atoms with Gasteiger partial charge in [0, 0.05) is 5.69 Å². The van der Waals surface area contributed by atoms with Gasteiger partial charge in [0.05, 0.1) is 23.6 Å². The van der Waals surface area contributed by atoms with E-state index in [9.17, 15) is 12.8 Å². The second kappa shape index (κ2) is 4.44. The topological polar surface area (TPSA) is 75.8 Å². The van der Waals surface area contributed by atoms with Gasteiger partial charge in [0.2, 0.25) is 0 Å². The zero-order valence-corrected chi connectivity index (χ0v) is 11.7. The Morgan fingerprint density at radius 2 is 1.80 bits per heavy atom. The van der Waals surface area contributed by atoms with Crippen molar-refractivity contribution in [3.8, 4) is 0 Å². The normalized spacial score (nSPS) is 23.9. The summed E-state index contributed by atoms with van der Waals surface area (Å²) < 4.78 is 36.3. The first kappa shape index (κ1) is 13.4. The Morgan fingerprint density at radius 3 is 2.40 bits per heavy atom. The van der Waals surface area contributed by atoms with Gasteiger partial charge in [0.25, 0.3) is 0 Å². The molecule has 1 saturated heterocycles. The van der Waals surface area contributed by atoms with Crippen LogP contribution in [0.4, 0.5) is 10.1 Å². The van der Waals surface area contributed by atoms with Crippen molar-refractivity contribution in [3.05, 3.63) is 30.1 Å². The van der Waals surface area contributed by atoms with Crippen LogP contribution in [-0.2, 0) is 9.84 Å². The molecule has 1 aromatic rings. The molecule has 0 saturated carbocycles. The molecule has 0 aliphatic carbocycles. The lowest BCUT2D eigenvalue weighted by Crippen LogP contribution is -2.55. The second-order valence-corrected chi connectivity index (χ2v) is 7.67. The van der Waals surface area contributed by atoms with Gasteiger partial charge in [-0.2, -0.15) is 0 Å². The Hall–Kier alpha value is -1.63. The third kappa shape index (κ3) is 2.15. The summed E-state index contributed by atoms with van der Waals surface area (Å²) in [5, 5.41) is 0. The zero-order chi connectivity index (χ0) is 14.4. The van der Waals surface area contributed by atoms with Crippen LogP contribution in [0.3, 0.4) is 0 Å². The molecule has 1 fully saturated rings. The van der Waals surface area contributed by atoms with Gasteiger partial charge in [0.15, 0.2) is 15.8 Å². The number of guanidine groups is 1. The van der Waals surface area contributed by atoms with E-state index in [4.69, 9.17) is 5.73 Å². The third-order valence-electron chi connectivity index (χ3n) is 4.08. The van der Waals surface area contributed by atoms with Crippen LogP contribution in [0.2, 0.25) is 0 Å². The van der Waals surface area contributed by atoms with Gasteiger partial charge in [-0.3, -0.25) is 4.99 Å². The third-order valence-corrected chi connectivity index (χ3v) is 5.73. The van der Waals surface area contributed by atoms with E-state index in [2.05, 4.69) is 4.99 Å². The molecule has 0 atom stereocenters. The smallest absolute Gasteiger partial charge is 0.196 e. The highest BCUT2D eigenvalue weighted by Crippen LogP contribution is 2.37. The van der Waals surface area contributed by atoms with Crippen molar-refractivity contribution in [3.63, 3.8) is 0 Å². The first-order valence-corrected chi connectivity index (χ1v) is 8.30. The number of sulfone groups is 1. The molecule has 1 spiro atoms. The highest BCUT2D eigenvalue weighted by molar-refractivity contribution is 7.91. The van der Waals surface area contributed by atoms with Gasteiger partial charge in [-0.1, -0.05) is 0 Å². The van der Waals surface area contributed by atoms with Crippen LogP contribution in [-0.4, -0.2) is 38.0 Å². The summed E-state index contributed by atoms with van der Waals surface area (Å²) in [6.07, 6.45) is 0.994. The molecule has 20 heavy (non-hydrogen) atoms. The Balaban J connectivity index is 1.95. The predicted octanol–water partition coefficient (Wildman–Crippen LogP) is 0.908. The van der Waals surface area contributed by atoms with Crippen molar-refractivity contribution >= 4 is 21.5 Å². The molecule has 7 heteroatoms. The number of nitrogens with zero attached hydrogens (tertiary/aromatic N) is 2. The molecule has 0 aromatic heterocycles. The van der Waals surface area contributed by atoms with Crippen molar-refractivity contribution in [1.29, 1.82) is 0 Å². The monoisotopic (exact) mass is 297 g/mol. The summed E-state index contributed by atoms with van der Waals surface area (Å²) in [7, 11) is -2.95. The van der Waals surface area contributed by atoms with E-state index in [0.29, 0.717) is 25.3 Å². The molecule has 2 heterocycles. The molecule has 108 valence electrons. The standard InChI is InChI=1S/C13H16FN3O2S/c14-10-1-3-11(4-2-10)17-12(15)16-9-13(17)5-7-20(18,19)8-6-13/h1-4H,5-9H2,(H2,15,16). The molecule has 2 aliphatic rings. The summed E-state index contributed by atoms with van der Waals surface area (Å²) in [6.45, 7) is 0.492. The van der Waals surface area contributed by atoms with E-state index < -0.39 is 9.84 Å². The minimum Gasteiger partial charge on any atom is -0.369 e. The van der Waals surface area contributed by atoms with Crippen LogP contribution < -0.4 is 10.6 Å². The summed E-state index contributed by atoms with van der Waals surface area (Å²) in [6, 6.07) is 6.03. The number of hydrogen-bond acceptors (Lipinski definition) is 5. The van der Waals surface area contributed by atoms with Crippen LogP contribution in [0.5, 0.6) is 0 Å². The van der Waals surface area contributed by atoms with Crippen molar-refractivity contribution in [2.75, 3.05) is 23.0 Å². The number of aliphatic imine (C=N–C) groups is 1. The number of benzene rings is 1. The lowest BCUT2D eigenvalue weighted by Gasteiger charge is -2.41. The van der Waals surface area contributed by atoms with Crippen LogP contribution in [0.1, 0.15) is 12.8 Å². The number of hydrogen-bond donors (Lipinski definition) is 1. The molecule has 0 unspecified atom stereocenters. The average molecular weight is 297 g/mol. The summed E-state index contributed by atoms with van der Waals surface area (Å²) in [5.41, 5.74) is 6.33. The van der Waals surface area contributed by atoms with Crippen LogP contribution >= 0.6 is 0 Å². The maximum atomic E-state index is 13.0. The highest BCUT2D eigenvalue weighted by Gasteiger charge is 2.46. The van der Waals surface area contributed by atoms with Crippen LogP contribution in [0.15, 0.2) is 29.3 Å². The van der Waals surface area contributed by atoms with Gasteiger partial charge in [-0.05, 0) is 37.1 Å². The number of rotatable bonds is 1. The van der Waals surface area contributed by atoms with E-state index in [1.165, 1.54) is 12.1 Å². The van der Waals surface area contributed by atoms with E-state index in [-0.39, 0.29) is 22.9 Å². The Bertz CT molecular complexity index is 641. The first-order chi connectivity index (χ1) is 9.42. The Morgan fingerprint density at radius 1 is 1.20 bits per heavy atom. The first-order valence-electron chi connectivity index (χ1n) is 6.48. The summed E-state index contributed by atoms with van der Waals surface area (Å²) in [4.78, 5) is 6.14. The maximum Gasteiger partial charge on any atom is 0.196 e. The molecule has 1 aromatic carbocycles. The minimum atomic E-state index is -2.95. The van der Waals surface area contributed by atoms with E-state index in [1.54, 1.807) is 12.1 Å². The largest absolute Gasteiger partial charge is 0.369 e. The lowest BCUT2D eigenvalue weighted by molar-refractivity contribution is 0.409. The van der Waals surface area contributed by atoms with E-state index >= 15 is 0 Å². The number of nitrogens with two attached hydrogens (primary N) is 1. The Kier molecular flexibility index (Phi) is 2.97. The summed E-state index contributed by atoms with van der Waals surface area (Å²) >= 11 is 0. The second-order valence-electron chi connectivity index (χ2n) is 5.36. The van der Waals surface area contributed by atoms with Gasteiger partial charge in [0.1, 0.15) is 5.82 Å². The van der Waals surface area contributed by atoms with Crippen molar-refractivity contribution < 1.29 is 12.8 Å². The fraction of sp³-hybridized carbons (Fsp3) is 0.462. The molecule has 0 amide bonds. The fourth-order valence-corrected chi connectivity index (χ4v) is 4.49. The quantitative estimate of drug-likeness (QED) is 0.836. The SMILES string of the molecule is NC1=NCC2(CCS(=O)(=O)CC2)N1c1ccc(F)cc1. The highest BCUT2D eigenvalue weighted by atomic mass is 32.2. The molecule has 5 nitrogen and oxygen atoms in total. The van der Waals surface area contributed by atoms with Gasteiger partial charge >= 0.3 is 0 Å². The van der Waals surface area contributed by atoms with E-state index in [1.807, 2.05) is 4.90 Å². The van der Waals surface area contributed by atoms with Gasteiger partial charge in [-0.15, -0.1) is 0 Å². The van der Waals surface area contributed by atoms with Crippen molar-refractivity contribution in [2.45, 2.75) is 18.4 Å².